The predicted octanol–water partition coefficient (Wildman–Crippen LogP) is -3.43. The average Bonchev–Trinajstić information content (AvgIpc) is 1.76. The van der Waals surface area contributed by atoms with E-state index in [0.717, 1.165) is 0 Å². The van der Waals surface area contributed by atoms with Crippen LogP contribution in [-0.4, -0.2) is 29.9 Å². The van der Waals surface area contributed by atoms with Gasteiger partial charge < -0.3 is 0 Å². The van der Waals surface area contributed by atoms with Crippen molar-refractivity contribution in [1.29, 1.82) is 0 Å². The first kappa shape index (κ1) is 11.7. The van der Waals surface area contributed by atoms with Crippen molar-refractivity contribution in [1.82, 2.24) is 9.44 Å². The van der Waals surface area contributed by atoms with Crippen LogP contribution in [0.25, 0.3) is 0 Å². The van der Waals surface area contributed by atoms with Gasteiger partial charge in [-0.15, -0.1) is 0 Å². The van der Waals surface area contributed by atoms with Crippen LogP contribution in [0.15, 0.2) is 0 Å². The molecule has 0 unspecified atom stereocenters. The van der Waals surface area contributed by atoms with Gasteiger partial charge in [0.2, 0.25) is 0 Å². The van der Waals surface area contributed by atoms with E-state index in [4.69, 9.17) is 0 Å². The van der Waals surface area contributed by atoms with Crippen LogP contribution in [0, 0.1) is 0 Å². The Hall–Kier alpha value is -0.260. The summed E-state index contributed by atoms with van der Waals surface area (Å²) in [7, 11) is -7.53. The summed E-state index contributed by atoms with van der Waals surface area (Å²) >= 11 is 0. The summed E-state index contributed by atoms with van der Waals surface area (Å²) in [6.45, 7) is -0.287. The van der Waals surface area contributed by atoms with Crippen molar-refractivity contribution >= 4 is 20.4 Å². The van der Waals surface area contributed by atoms with E-state index in [0.29, 0.717) is 0 Å². The number of hydrogen-bond acceptors (Lipinski definition) is 4. The van der Waals surface area contributed by atoms with Gasteiger partial charge in [0, 0.05) is 13.1 Å². The Labute approximate surface area is 70.7 Å². The van der Waals surface area contributed by atoms with Crippen molar-refractivity contribution < 1.29 is 16.8 Å². The van der Waals surface area contributed by atoms with E-state index >= 15 is 0 Å². The van der Waals surface area contributed by atoms with E-state index in [2.05, 4.69) is 10.3 Å². The molecule has 6 N–H and O–H groups in total. The molecule has 0 heterocycles. The molecule has 8 nitrogen and oxygen atoms in total. The summed E-state index contributed by atoms with van der Waals surface area (Å²) in [5.41, 5.74) is 0. The van der Waals surface area contributed by atoms with Crippen LogP contribution in [0.5, 0.6) is 0 Å². The lowest BCUT2D eigenvalue weighted by molar-refractivity contribution is 0.572. The Morgan fingerprint density at radius 3 is 1.25 bits per heavy atom. The molecule has 0 saturated heterocycles. The second kappa shape index (κ2) is 4.11. The zero-order valence-electron chi connectivity index (χ0n) is 6.02. The second-order valence-electron chi connectivity index (χ2n) is 1.88. The molecule has 0 saturated carbocycles. The third-order valence-corrected chi connectivity index (χ3v) is 1.94. The highest BCUT2D eigenvalue weighted by Crippen LogP contribution is 1.68. The topological polar surface area (TPSA) is 144 Å². The van der Waals surface area contributed by atoms with Gasteiger partial charge in [-0.3, -0.25) is 0 Å². The van der Waals surface area contributed by atoms with E-state index in [9.17, 15) is 16.8 Å². The van der Waals surface area contributed by atoms with Crippen molar-refractivity contribution in [2.24, 2.45) is 10.3 Å². The maximum Gasteiger partial charge on any atom is 0.274 e. The number of nitrogens with two attached hydrogens (primary N) is 2. The minimum absolute atomic E-state index is 0.144. The fourth-order valence-electron chi connectivity index (χ4n) is 0.387. The van der Waals surface area contributed by atoms with Crippen molar-refractivity contribution in [2.45, 2.75) is 0 Å². The SMILES string of the molecule is NS(=O)(=O)NCCNS(N)(=O)=O. The molecule has 0 amide bonds. The molecular weight excluding hydrogens is 208 g/mol. The molecule has 0 fully saturated rings. The lowest BCUT2D eigenvalue weighted by Gasteiger charge is -2.01. The summed E-state index contributed by atoms with van der Waals surface area (Å²) in [6, 6.07) is 0. The smallest absolute Gasteiger partial charge is 0.216 e. The lowest BCUT2D eigenvalue weighted by Crippen LogP contribution is -2.39. The molecule has 0 aliphatic heterocycles. The van der Waals surface area contributed by atoms with E-state index in [-0.39, 0.29) is 13.1 Å². The van der Waals surface area contributed by atoms with Gasteiger partial charge in [0.15, 0.2) is 0 Å². The average molecular weight is 218 g/mol. The molecule has 0 bridgehead atoms. The normalized spacial score (nSPS) is 13.2. The lowest BCUT2D eigenvalue weighted by atomic mass is 10.7. The highest BCUT2D eigenvalue weighted by atomic mass is 32.2. The van der Waals surface area contributed by atoms with Crippen LogP contribution in [0.2, 0.25) is 0 Å². The van der Waals surface area contributed by atoms with Crippen molar-refractivity contribution in [3.63, 3.8) is 0 Å². The van der Waals surface area contributed by atoms with E-state index in [1.165, 1.54) is 0 Å². The first-order valence-corrected chi connectivity index (χ1v) is 5.85. The van der Waals surface area contributed by atoms with Gasteiger partial charge in [-0.25, -0.2) is 19.7 Å². The molecule has 0 spiro atoms. The molecule has 0 atom stereocenters. The quantitative estimate of drug-likeness (QED) is 0.356. The van der Waals surface area contributed by atoms with Crippen LogP contribution in [0.3, 0.4) is 0 Å². The Bertz CT molecular complexity index is 283. The van der Waals surface area contributed by atoms with Crippen molar-refractivity contribution in [3.8, 4) is 0 Å². The van der Waals surface area contributed by atoms with Gasteiger partial charge in [0.05, 0.1) is 0 Å². The zero-order valence-corrected chi connectivity index (χ0v) is 7.65. The first-order valence-electron chi connectivity index (χ1n) is 2.75. The van der Waals surface area contributed by atoms with Crippen LogP contribution in [0.1, 0.15) is 0 Å². The van der Waals surface area contributed by atoms with Gasteiger partial charge in [0.1, 0.15) is 0 Å². The molecule has 0 aromatic carbocycles. The van der Waals surface area contributed by atoms with E-state index in [1.807, 2.05) is 9.44 Å². The van der Waals surface area contributed by atoms with Crippen molar-refractivity contribution in [3.05, 3.63) is 0 Å². The standard InChI is InChI=1S/C2H10N4O4S2/c3-11(7,8)5-1-2-6-12(4,9)10/h5-6H,1-2H2,(H2,3,7,8)(H2,4,9,10). The Morgan fingerprint density at radius 1 is 0.833 bits per heavy atom. The third kappa shape index (κ3) is 9.74. The Kier molecular flexibility index (Phi) is 4.02. The third-order valence-electron chi connectivity index (χ3n) is 0.731. The Morgan fingerprint density at radius 2 is 1.08 bits per heavy atom. The highest BCUT2D eigenvalue weighted by molar-refractivity contribution is 7.87. The second-order valence-corrected chi connectivity index (χ2v) is 4.64. The van der Waals surface area contributed by atoms with Gasteiger partial charge >= 0.3 is 0 Å². The van der Waals surface area contributed by atoms with Gasteiger partial charge in [-0.1, -0.05) is 0 Å². The monoisotopic (exact) mass is 218 g/mol. The number of hydrogen-bond donors (Lipinski definition) is 4. The van der Waals surface area contributed by atoms with E-state index in [1.54, 1.807) is 0 Å². The first-order chi connectivity index (χ1) is 5.21. The molecule has 0 radical (unpaired) electrons. The van der Waals surface area contributed by atoms with Crippen LogP contribution in [-0.2, 0) is 20.4 Å². The van der Waals surface area contributed by atoms with E-state index < -0.39 is 20.4 Å². The maximum absolute atomic E-state index is 10.2. The minimum atomic E-state index is -3.77. The molecule has 0 aliphatic rings. The fraction of sp³-hybridized carbons (Fsp3) is 1.00. The molecule has 0 rings (SSSR count). The highest BCUT2D eigenvalue weighted by Gasteiger charge is 2.02. The molecule has 10 heteroatoms. The fourth-order valence-corrected chi connectivity index (χ4v) is 1.16. The molecule has 12 heavy (non-hydrogen) atoms. The number of rotatable bonds is 5. The predicted molar refractivity (Wildman–Crippen MR) is 42.2 cm³/mol. The summed E-state index contributed by atoms with van der Waals surface area (Å²) < 4.78 is 44.6. The van der Waals surface area contributed by atoms with Gasteiger partial charge in [-0.05, 0) is 0 Å². The molecule has 0 aromatic heterocycles. The molecule has 0 aliphatic carbocycles. The van der Waals surface area contributed by atoms with Crippen molar-refractivity contribution in [2.75, 3.05) is 13.1 Å². The number of nitrogens with one attached hydrogen (secondary N) is 2. The van der Waals surface area contributed by atoms with Gasteiger partial charge in [0.25, 0.3) is 20.4 Å². The van der Waals surface area contributed by atoms with Crippen LogP contribution in [0.4, 0.5) is 0 Å². The van der Waals surface area contributed by atoms with Crippen LogP contribution >= 0.6 is 0 Å². The molecule has 0 aromatic rings. The van der Waals surface area contributed by atoms with Crippen LogP contribution < -0.4 is 19.7 Å². The maximum atomic E-state index is 10.2. The summed E-state index contributed by atoms with van der Waals surface area (Å²) in [5.74, 6) is 0. The molecule has 74 valence electrons. The summed E-state index contributed by atoms with van der Waals surface area (Å²) in [4.78, 5) is 0. The Balaban J connectivity index is 3.62. The van der Waals surface area contributed by atoms with Gasteiger partial charge in [-0.2, -0.15) is 16.8 Å². The minimum Gasteiger partial charge on any atom is -0.216 e. The summed E-state index contributed by atoms with van der Waals surface area (Å²) in [5, 5.41) is 9.08. The largest absolute Gasteiger partial charge is 0.274 e. The molecular formula is C2H10N4O4S2. The zero-order chi connectivity index (χ0) is 9.83. The summed E-state index contributed by atoms with van der Waals surface area (Å²) in [6.07, 6.45) is 0.